The molecule has 0 fully saturated rings. The van der Waals surface area contributed by atoms with Crippen LogP contribution in [0, 0.1) is 5.41 Å². The van der Waals surface area contributed by atoms with Crippen LogP contribution in [0.3, 0.4) is 0 Å². The summed E-state index contributed by atoms with van der Waals surface area (Å²) in [4.78, 5) is 0. The van der Waals surface area contributed by atoms with E-state index in [1.807, 2.05) is 18.2 Å². The Bertz CT molecular complexity index is 395. The molecular weight excluding hydrogens is 401 g/mol. The molecule has 4 heteroatoms. The molecule has 0 aliphatic carbocycles. The van der Waals surface area contributed by atoms with Gasteiger partial charge in [-0.15, -0.1) is 0 Å². The molecule has 0 bridgehead atoms. The molecule has 82 valence electrons. The summed E-state index contributed by atoms with van der Waals surface area (Å²) in [5.41, 5.74) is 0.994. The van der Waals surface area contributed by atoms with Gasteiger partial charge < -0.3 is 0 Å². The molecule has 1 aromatic rings. The van der Waals surface area contributed by atoms with Gasteiger partial charge in [-0.25, -0.2) is 0 Å². The summed E-state index contributed by atoms with van der Waals surface area (Å²) in [6.45, 7) is 6.53. The van der Waals surface area contributed by atoms with Gasteiger partial charge in [-0.2, -0.15) is 0 Å². The van der Waals surface area contributed by atoms with E-state index in [0.717, 1.165) is 5.69 Å². The molecule has 15 heavy (non-hydrogen) atoms. The fourth-order valence-corrected chi connectivity index (χ4v) is 4.11. The minimum atomic E-state index is -0.850. The molecule has 0 heterocycles. The first-order valence-corrected chi connectivity index (χ1v) is 8.31. The van der Waals surface area contributed by atoms with E-state index in [0.29, 0.717) is 10.0 Å². The van der Waals surface area contributed by atoms with Crippen molar-refractivity contribution in [3.05, 3.63) is 28.2 Å². The van der Waals surface area contributed by atoms with Crippen LogP contribution in [-0.2, 0) is 17.9 Å². The molecule has 0 unspecified atom stereocenters. The predicted molar refractivity (Wildman–Crippen MR) is 64.1 cm³/mol. The Morgan fingerprint density at radius 1 is 1.20 bits per heavy atom. The number of hydrogen-bond donors (Lipinski definition) is 0. The Morgan fingerprint density at radius 3 is 2.20 bits per heavy atom. The quantitative estimate of drug-likeness (QED) is 0.630. The summed E-state index contributed by atoms with van der Waals surface area (Å²) < 4.78 is 6.84. The second kappa shape index (κ2) is 5.48. The number of rotatable bonds is 1. The second-order valence-corrected chi connectivity index (χ2v) is 7.33. The number of hydrogen-bond acceptors (Lipinski definition) is 1. The Labute approximate surface area is 109 Å². The van der Waals surface area contributed by atoms with Crippen molar-refractivity contribution < 1.29 is 17.9 Å². The van der Waals surface area contributed by atoms with Crippen LogP contribution in [0.2, 0.25) is 10.0 Å². The molecule has 0 spiro atoms. The van der Waals surface area contributed by atoms with Crippen LogP contribution in [0.25, 0.3) is 0 Å². The average molecular weight is 414 g/mol. The number of halogens is 2. The Kier molecular flexibility index (Phi) is 4.83. The maximum atomic E-state index is 6.01. The predicted octanol–water partition coefficient (Wildman–Crippen LogP) is 4.74. The fraction of sp³-hybridized carbons (Fsp3) is 0.364. The second-order valence-electron chi connectivity index (χ2n) is 4.25. The van der Waals surface area contributed by atoms with E-state index in [1.165, 1.54) is 0 Å². The Hall–Kier alpha value is 0.158. The SMILES string of the molecule is CC(C)(C)[CH]=[W]=[N]c1c(Cl)cccc1Cl. The molecular formula is C11H13Cl2NW. The molecule has 1 nitrogen and oxygen atoms in total. The van der Waals surface area contributed by atoms with Gasteiger partial charge in [0.1, 0.15) is 0 Å². The number of benzene rings is 1. The summed E-state index contributed by atoms with van der Waals surface area (Å²) in [7, 11) is 0. The van der Waals surface area contributed by atoms with Crippen LogP contribution in [0.1, 0.15) is 20.8 Å². The van der Waals surface area contributed by atoms with Gasteiger partial charge in [0, 0.05) is 0 Å². The third-order valence-corrected chi connectivity index (χ3v) is 6.05. The van der Waals surface area contributed by atoms with Crippen molar-refractivity contribution in [1.29, 1.82) is 0 Å². The van der Waals surface area contributed by atoms with Crippen molar-refractivity contribution in [2.75, 3.05) is 0 Å². The molecule has 0 atom stereocenters. The van der Waals surface area contributed by atoms with E-state index in [1.54, 1.807) is 0 Å². The van der Waals surface area contributed by atoms with Gasteiger partial charge in [0.05, 0.1) is 0 Å². The van der Waals surface area contributed by atoms with E-state index in [2.05, 4.69) is 28.7 Å². The van der Waals surface area contributed by atoms with E-state index in [9.17, 15) is 0 Å². The van der Waals surface area contributed by atoms with Crippen molar-refractivity contribution in [2.24, 2.45) is 8.91 Å². The third kappa shape index (κ3) is 4.68. The van der Waals surface area contributed by atoms with Gasteiger partial charge >= 0.3 is 109 Å². The molecule has 0 aliphatic heterocycles. The molecule has 0 aliphatic rings. The van der Waals surface area contributed by atoms with E-state index < -0.39 is 17.9 Å². The topological polar surface area (TPSA) is 12.4 Å². The normalized spacial score (nSPS) is 11.0. The van der Waals surface area contributed by atoms with Crippen molar-refractivity contribution in [2.45, 2.75) is 20.8 Å². The van der Waals surface area contributed by atoms with Gasteiger partial charge in [0.15, 0.2) is 0 Å². The molecule has 0 amide bonds. The first-order chi connectivity index (χ1) is 6.90. The summed E-state index contributed by atoms with van der Waals surface area (Å²) in [5.74, 6) is 0. The zero-order valence-corrected chi connectivity index (χ0v) is 13.4. The third-order valence-electron chi connectivity index (χ3n) is 1.49. The average Bonchev–Trinajstić information content (AvgIpc) is 2.08. The summed E-state index contributed by atoms with van der Waals surface area (Å²) in [6, 6.07) is 5.48. The van der Waals surface area contributed by atoms with E-state index in [4.69, 9.17) is 23.2 Å². The van der Waals surface area contributed by atoms with Gasteiger partial charge in [0.25, 0.3) is 0 Å². The molecule has 1 aromatic carbocycles. The van der Waals surface area contributed by atoms with E-state index in [-0.39, 0.29) is 5.41 Å². The van der Waals surface area contributed by atoms with Gasteiger partial charge in [-0.05, 0) is 0 Å². The van der Waals surface area contributed by atoms with Crippen LogP contribution >= 0.6 is 23.2 Å². The molecule has 0 N–H and O–H groups in total. The Balaban J connectivity index is 3.05. The van der Waals surface area contributed by atoms with Crippen LogP contribution in [-0.4, -0.2) is 4.40 Å². The van der Waals surface area contributed by atoms with Gasteiger partial charge in [0.2, 0.25) is 0 Å². The molecule has 0 aromatic heterocycles. The number of nitrogens with zero attached hydrogens (tertiary/aromatic N) is 1. The monoisotopic (exact) mass is 413 g/mol. The summed E-state index contributed by atoms with van der Waals surface area (Å²) in [6.07, 6.45) is 0. The van der Waals surface area contributed by atoms with Gasteiger partial charge in [-0.3, -0.25) is 0 Å². The first kappa shape index (κ1) is 13.2. The minimum absolute atomic E-state index is 0.238. The zero-order chi connectivity index (χ0) is 11.5. The van der Waals surface area contributed by atoms with Crippen molar-refractivity contribution in [3.63, 3.8) is 0 Å². The van der Waals surface area contributed by atoms with Crippen molar-refractivity contribution in [1.82, 2.24) is 0 Å². The van der Waals surface area contributed by atoms with E-state index >= 15 is 0 Å². The van der Waals surface area contributed by atoms with Crippen LogP contribution in [0.4, 0.5) is 5.69 Å². The molecule has 0 saturated heterocycles. The Morgan fingerprint density at radius 2 is 1.73 bits per heavy atom. The van der Waals surface area contributed by atoms with Crippen molar-refractivity contribution in [3.8, 4) is 0 Å². The van der Waals surface area contributed by atoms with Crippen LogP contribution in [0.5, 0.6) is 0 Å². The summed E-state index contributed by atoms with van der Waals surface area (Å²) >= 11 is 11.2. The maximum absolute atomic E-state index is 6.01. The summed E-state index contributed by atoms with van der Waals surface area (Å²) in [5, 5.41) is 1.29. The first-order valence-electron chi connectivity index (χ1n) is 4.55. The molecule has 0 radical (unpaired) electrons. The van der Waals surface area contributed by atoms with Crippen LogP contribution in [0.15, 0.2) is 21.7 Å². The van der Waals surface area contributed by atoms with Crippen LogP contribution < -0.4 is 0 Å². The van der Waals surface area contributed by atoms with Gasteiger partial charge in [-0.1, -0.05) is 0 Å². The molecule has 1 rings (SSSR count). The fourth-order valence-electron chi connectivity index (χ4n) is 0.813. The van der Waals surface area contributed by atoms with Crippen molar-refractivity contribution >= 4 is 33.3 Å². The standard InChI is InChI=1S/C6H3Cl2N.C5H10.W/c7-4-2-1-3-5(8)6(4)9;1-5(2,3)4;/h1-3H;1H,2-4H3;. The molecule has 0 saturated carbocycles. The zero-order valence-electron chi connectivity index (χ0n) is 8.92.